The van der Waals surface area contributed by atoms with Crippen molar-refractivity contribution in [3.05, 3.63) is 70.3 Å². The van der Waals surface area contributed by atoms with E-state index in [1.165, 1.54) is 27.4 Å². The molecule has 0 aliphatic carbocycles. The molecule has 4 aromatic rings. The second-order valence-corrected chi connectivity index (χ2v) is 9.55. The smallest absolute Gasteiger partial charge is 0.204 e. The number of halogens is 1. The molecule has 0 saturated heterocycles. The molecule has 7 nitrogen and oxygen atoms in total. The summed E-state index contributed by atoms with van der Waals surface area (Å²) < 4.78 is 23.0. The van der Waals surface area contributed by atoms with Crippen molar-refractivity contribution >= 4 is 49.0 Å². The summed E-state index contributed by atoms with van der Waals surface area (Å²) in [5.41, 5.74) is 4.27. The zero-order valence-electron chi connectivity index (χ0n) is 20.5. The third-order valence-electron chi connectivity index (χ3n) is 5.58. The fraction of sp³-hybridized carbons (Fsp3) is 0.185. The average molecular weight is 569 g/mol. The van der Waals surface area contributed by atoms with Crippen molar-refractivity contribution in [3.8, 4) is 33.6 Å². The number of hydrogen-bond acceptors (Lipinski definition) is 8. The van der Waals surface area contributed by atoms with E-state index in [1.54, 1.807) is 30.7 Å². The zero-order chi connectivity index (χ0) is 25.8. The number of ketones is 1. The van der Waals surface area contributed by atoms with Gasteiger partial charge in [0.2, 0.25) is 5.75 Å². The number of benzene rings is 3. The number of rotatable bonds is 9. The molecule has 0 amide bonds. The lowest BCUT2D eigenvalue weighted by Crippen LogP contribution is -2.03. The van der Waals surface area contributed by atoms with Gasteiger partial charge in [0, 0.05) is 29.1 Å². The molecule has 1 aromatic heterocycles. The van der Waals surface area contributed by atoms with Crippen molar-refractivity contribution in [2.45, 2.75) is 6.92 Å². The Kier molecular flexibility index (Phi) is 7.81. The molecule has 0 bridgehead atoms. The van der Waals surface area contributed by atoms with Crippen LogP contribution in [-0.2, 0) is 0 Å². The number of allylic oxidation sites excluding steroid dienone is 1. The SMILES string of the molecule is COc1ccc2nc(-c3ccc(N/C=C\C(=O)c4cc(OC)c(OC)c(OC)c4Br)c(C)c3)sc2c1. The van der Waals surface area contributed by atoms with Gasteiger partial charge in [-0.3, -0.25) is 4.79 Å². The first-order chi connectivity index (χ1) is 17.4. The van der Waals surface area contributed by atoms with Crippen molar-refractivity contribution in [2.24, 2.45) is 0 Å². The third-order valence-corrected chi connectivity index (χ3v) is 7.43. The highest BCUT2D eigenvalue weighted by atomic mass is 79.9. The Balaban J connectivity index is 1.52. The van der Waals surface area contributed by atoms with E-state index < -0.39 is 0 Å². The van der Waals surface area contributed by atoms with Crippen LogP contribution in [0.2, 0.25) is 0 Å². The monoisotopic (exact) mass is 568 g/mol. The largest absolute Gasteiger partial charge is 0.497 e. The van der Waals surface area contributed by atoms with Gasteiger partial charge >= 0.3 is 0 Å². The summed E-state index contributed by atoms with van der Waals surface area (Å²) >= 11 is 5.07. The summed E-state index contributed by atoms with van der Waals surface area (Å²) in [5.74, 6) is 1.79. The normalized spacial score (nSPS) is 11.1. The first kappa shape index (κ1) is 25.5. The summed E-state index contributed by atoms with van der Waals surface area (Å²) in [5, 5.41) is 4.13. The van der Waals surface area contributed by atoms with E-state index in [0.717, 1.165) is 37.8 Å². The maximum absolute atomic E-state index is 12.9. The van der Waals surface area contributed by atoms with Gasteiger partial charge in [-0.05, 0) is 70.9 Å². The topological polar surface area (TPSA) is 78.9 Å². The predicted molar refractivity (Wildman–Crippen MR) is 147 cm³/mol. The minimum Gasteiger partial charge on any atom is -0.497 e. The number of hydrogen-bond donors (Lipinski definition) is 1. The Morgan fingerprint density at radius 1 is 0.972 bits per heavy atom. The highest BCUT2D eigenvalue weighted by Gasteiger charge is 2.21. The van der Waals surface area contributed by atoms with Crippen LogP contribution >= 0.6 is 27.3 Å². The Morgan fingerprint density at radius 2 is 1.75 bits per heavy atom. The molecule has 36 heavy (non-hydrogen) atoms. The molecule has 9 heteroatoms. The number of carbonyl (C=O) groups is 1. The summed E-state index contributed by atoms with van der Waals surface area (Å²) in [6.45, 7) is 2.01. The van der Waals surface area contributed by atoms with Crippen LogP contribution in [0.1, 0.15) is 15.9 Å². The van der Waals surface area contributed by atoms with E-state index in [9.17, 15) is 4.79 Å². The van der Waals surface area contributed by atoms with E-state index in [0.29, 0.717) is 27.3 Å². The molecule has 0 aliphatic rings. The van der Waals surface area contributed by atoms with E-state index in [4.69, 9.17) is 23.9 Å². The van der Waals surface area contributed by atoms with Gasteiger partial charge < -0.3 is 24.3 Å². The van der Waals surface area contributed by atoms with Crippen LogP contribution in [0.4, 0.5) is 5.69 Å². The lowest BCUT2D eigenvalue weighted by molar-refractivity contribution is 0.104. The predicted octanol–water partition coefficient (Wildman–Crippen LogP) is 6.88. The Labute approximate surface area is 221 Å². The van der Waals surface area contributed by atoms with Crippen molar-refractivity contribution < 1.29 is 23.7 Å². The van der Waals surface area contributed by atoms with Crippen molar-refractivity contribution in [1.29, 1.82) is 0 Å². The number of aromatic nitrogens is 1. The molecule has 0 atom stereocenters. The lowest BCUT2D eigenvalue weighted by atomic mass is 10.1. The Hall–Kier alpha value is -3.56. The van der Waals surface area contributed by atoms with Crippen LogP contribution in [0.3, 0.4) is 0 Å². The van der Waals surface area contributed by atoms with E-state index in [2.05, 4.69) is 27.3 Å². The highest BCUT2D eigenvalue weighted by Crippen LogP contribution is 2.45. The van der Waals surface area contributed by atoms with Crippen LogP contribution in [0.5, 0.6) is 23.0 Å². The maximum Gasteiger partial charge on any atom is 0.204 e. The number of carbonyl (C=O) groups excluding carboxylic acids is 1. The van der Waals surface area contributed by atoms with E-state index >= 15 is 0 Å². The van der Waals surface area contributed by atoms with Gasteiger partial charge in [-0.25, -0.2) is 4.98 Å². The van der Waals surface area contributed by atoms with Gasteiger partial charge in [-0.1, -0.05) is 0 Å². The van der Waals surface area contributed by atoms with E-state index in [-0.39, 0.29) is 5.78 Å². The first-order valence-corrected chi connectivity index (χ1v) is 12.5. The average Bonchev–Trinajstić information content (AvgIpc) is 3.32. The maximum atomic E-state index is 12.9. The Morgan fingerprint density at radius 3 is 2.42 bits per heavy atom. The zero-order valence-corrected chi connectivity index (χ0v) is 22.9. The van der Waals surface area contributed by atoms with Gasteiger partial charge in [-0.15, -0.1) is 11.3 Å². The number of nitrogens with one attached hydrogen (secondary N) is 1. The molecule has 1 heterocycles. The fourth-order valence-corrected chi connectivity index (χ4v) is 5.35. The van der Waals surface area contributed by atoms with Crippen LogP contribution in [-0.4, -0.2) is 39.2 Å². The molecule has 0 fully saturated rings. The Bertz CT molecular complexity index is 1460. The molecule has 0 unspecified atom stereocenters. The lowest BCUT2D eigenvalue weighted by Gasteiger charge is -2.15. The molecule has 0 aliphatic heterocycles. The minimum absolute atomic E-state index is 0.229. The molecule has 186 valence electrons. The van der Waals surface area contributed by atoms with Crippen molar-refractivity contribution in [2.75, 3.05) is 33.8 Å². The third kappa shape index (κ3) is 5.03. The molecule has 0 spiro atoms. The molecular weight excluding hydrogens is 544 g/mol. The molecule has 0 radical (unpaired) electrons. The van der Waals surface area contributed by atoms with Crippen LogP contribution in [0, 0.1) is 6.92 Å². The number of thiazole rings is 1. The number of fused-ring (bicyclic) bond motifs is 1. The number of methoxy groups -OCH3 is 4. The first-order valence-electron chi connectivity index (χ1n) is 10.9. The second kappa shape index (κ2) is 11.0. The second-order valence-electron chi connectivity index (χ2n) is 7.73. The summed E-state index contributed by atoms with van der Waals surface area (Å²) in [4.78, 5) is 17.7. The van der Waals surface area contributed by atoms with E-state index in [1.807, 2.05) is 37.3 Å². The highest BCUT2D eigenvalue weighted by molar-refractivity contribution is 9.10. The van der Waals surface area contributed by atoms with Crippen molar-refractivity contribution in [1.82, 2.24) is 4.98 Å². The number of nitrogens with zero attached hydrogens (tertiary/aromatic N) is 1. The summed E-state index contributed by atoms with van der Waals surface area (Å²) in [7, 11) is 6.18. The van der Waals surface area contributed by atoms with Gasteiger partial charge in [0.25, 0.3) is 0 Å². The number of anilines is 1. The molecule has 3 aromatic carbocycles. The van der Waals surface area contributed by atoms with Gasteiger partial charge in [0.15, 0.2) is 17.3 Å². The molecule has 4 rings (SSSR count). The number of aryl methyl sites for hydroxylation is 1. The minimum atomic E-state index is -0.229. The summed E-state index contributed by atoms with van der Waals surface area (Å²) in [6.07, 6.45) is 3.07. The fourth-order valence-electron chi connectivity index (χ4n) is 3.71. The standard InChI is InChI=1S/C27H25BrN2O5S/c1-15-12-16(27-30-20-9-7-17(32-2)13-23(20)36-27)6-8-19(15)29-11-10-21(31)18-14-22(33-3)25(34-4)26(35-5)24(18)28/h6-14,29H,1-5H3/b11-10-. The van der Waals surface area contributed by atoms with Crippen LogP contribution in [0.15, 0.2) is 59.2 Å². The van der Waals surface area contributed by atoms with Gasteiger partial charge in [0.05, 0.1) is 43.1 Å². The number of ether oxygens (including phenoxy) is 4. The van der Waals surface area contributed by atoms with Gasteiger partial charge in [-0.2, -0.15) is 0 Å². The summed E-state index contributed by atoms with van der Waals surface area (Å²) in [6, 6.07) is 13.5. The molecular formula is C27H25BrN2O5S. The van der Waals surface area contributed by atoms with Crippen LogP contribution in [0.25, 0.3) is 20.8 Å². The molecule has 1 N–H and O–H groups in total. The van der Waals surface area contributed by atoms with Gasteiger partial charge in [0.1, 0.15) is 10.8 Å². The van der Waals surface area contributed by atoms with Crippen LogP contribution < -0.4 is 24.3 Å². The quantitative estimate of drug-likeness (QED) is 0.174. The molecule has 0 saturated carbocycles. The van der Waals surface area contributed by atoms with Crippen molar-refractivity contribution in [3.63, 3.8) is 0 Å².